The second kappa shape index (κ2) is 2.74. The molecular weight excluding hydrogens is 198 g/mol. The molecule has 72 valence electrons. The van der Waals surface area contributed by atoms with Gasteiger partial charge in [-0.05, 0) is 6.07 Å². The number of carbonyl (C=O) groups excluding carboxylic acids is 1. The van der Waals surface area contributed by atoms with E-state index in [1.807, 2.05) is 24.3 Å². The average Bonchev–Trinajstić information content (AvgIpc) is 2.77. The number of rotatable bonds is 0. The van der Waals surface area contributed by atoms with E-state index >= 15 is 0 Å². The van der Waals surface area contributed by atoms with Crippen LogP contribution in [0, 0.1) is 0 Å². The van der Waals surface area contributed by atoms with E-state index in [1.54, 1.807) is 11.8 Å². The van der Waals surface area contributed by atoms with Crippen LogP contribution in [0.2, 0.25) is 0 Å². The van der Waals surface area contributed by atoms with Crippen LogP contribution in [0.4, 0.5) is 5.69 Å². The second-order valence-corrected chi connectivity index (χ2v) is 4.59. The van der Waals surface area contributed by atoms with Gasteiger partial charge < -0.3 is 10.1 Å². The number of nitrogens with one attached hydrogen (secondary N) is 1. The fourth-order valence-electron chi connectivity index (χ4n) is 1.91. The molecule has 14 heavy (non-hydrogen) atoms. The van der Waals surface area contributed by atoms with E-state index < -0.39 is 4.93 Å². The van der Waals surface area contributed by atoms with E-state index in [0.29, 0.717) is 6.61 Å². The Kier molecular flexibility index (Phi) is 1.63. The summed E-state index contributed by atoms with van der Waals surface area (Å²) < 4.78 is 5.59. The molecule has 3 nitrogen and oxygen atoms in total. The highest BCUT2D eigenvalue weighted by atomic mass is 32.2. The number of thioether (sulfide) groups is 1. The van der Waals surface area contributed by atoms with Crippen LogP contribution in [0.3, 0.4) is 0 Å². The highest BCUT2D eigenvalue weighted by Gasteiger charge is 2.51. The molecule has 1 aromatic carbocycles. The first-order valence-corrected chi connectivity index (χ1v) is 5.50. The van der Waals surface area contributed by atoms with Crippen LogP contribution in [-0.4, -0.2) is 18.3 Å². The van der Waals surface area contributed by atoms with Gasteiger partial charge in [-0.2, -0.15) is 0 Å². The molecule has 1 atom stereocenters. The minimum absolute atomic E-state index is 0.0406. The Morgan fingerprint density at radius 3 is 3.07 bits per heavy atom. The molecule has 1 saturated heterocycles. The van der Waals surface area contributed by atoms with Gasteiger partial charge in [-0.15, -0.1) is 11.8 Å². The minimum atomic E-state index is -0.753. The van der Waals surface area contributed by atoms with Crippen LogP contribution >= 0.6 is 11.8 Å². The van der Waals surface area contributed by atoms with E-state index in [2.05, 4.69) is 5.32 Å². The quantitative estimate of drug-likeness (QED) is 0.701. The maximum absolute atomic E-state index is 11.8. The third-order valence-corrected chi connectivity index (χ3v) is 3.82. The second-order valence-electron chi connectivity index (χ2n) is 3.31. The van der Waals surface area contributed by atoms with Crippen molar-refractivity contribution in [1.29, 1.82) is 0 Å². The standard InChI is InChI=1S/C10H9NO2S/c12-9-10(13-5-6-14-10)7-3-1-2-4-8(7)11-9/h1-4H,5-6H2,(H,11,12)/t10-/m0/s1. The molecule has 0 bridgehead atoms. The first-order chi connectivity index (χ1) is 6.83. The van der Waals surface area contributed by atoms with Crippen LogP contribution in [-0.2, 0) is 14.5 Å². The van der Waals surface area contributed by atoms with Gasteiger partial charge in [-0.3, -0.25) is 4.79 Å². The number of amides is 1. The molecule has 0 unspecified atom stereocenters. The van der Waals surface area contributed by atoms with Gasteiger partial charge in [0.2, 0.25) is 4.93 Å². The number of hydrogen-bond acceptors (Lipinski definition) is 3. The number of fused-ring (bicyclic) bond motifs is 2. The minimum Gasteiger partial charge on any atom is -0.350 e. The summed E-state index contributed by atoms with van der Waals surface area (Å²) in [5, 5.41) is 2.85. The number of ether oxygens (including phenoxy) is 1. The predicted octanol–water partition coefficient (Wildman–Crippen LogP) is 1.55. The Morgan fingerprint density at radius 2 is 2.29 bits per heavy atom. The zero-order valence-electron chi connectivity index (χ0n) is 7.45. The predicted molar refractivity (Wildman–Crippen MR) is 55.2 cm³/mol. The van der Waals surface area contributed by atoms with Gasteiger partial charge in [0.15, 0.2) is 0 Å². The summed E-state index contributed by atoms with van der Waals surface area (Å²) in [5.74, 6) is 0.836. The molecule has 1 aromatic rings. The lowest BCUT2D eigenvalue weighted by Gasteiger charge is -2.18. The molecule has 2 heterocycles. The van der Waals surface area contributed by atoms with Crippen molar-refractivity contribution in [3.8, 4) is 0 Å². The number of benzene rings is 1. The van der Waals surface area contributed by atoms with Gasteiger partial charge in [0, 0.05) is 17.0 Å². The molecule has 3 rings (SSSR count). The Hall–Kier alpha value is -1.00. The molecular formula is C10H9NO2S. The Bertz CT molecular complexity index is 399. The normalized spacial score (nSPS) is 29.3. The number of anilines is 1. The maximum Gasteiger partial charge on any atom is 0.272 e. The number of para-hydroxylation sites is 1. The third kappa shape index (κ3) is 0.898. The first kappa shape index (κ1) is 8.32. The molecule has 1 spiro atoms. The Balaban J connectivity index is 2.18. The number of hydrogen-bond donors (Lipinski definition) is 1. The Morgan fingerprint density at radius 1 is 1.43 bits per heavy atom. The molecule has 4 heteroatoms. The van der Waals surface area contributed by atoms with Gasteiger partial charge in [-0.1, -0.05) is 18.2 Å². The van der Waals surface area contributed by atoms with E-state index in [1.165, 1.54) is 0 Å². The van der Waals surface area contributed by atoms with Crippen LogP contribution in [0.25, 0.3) is 0 Å². The molecule has 1 N–H and O–H groups in total. The van der Waals surface area contributed by atoms with Crippen molar-refractivity contribution in [1.82, 2.24) is 0 Å². The highest BCUT2D eigenvalue weighted by molar-refractivity contribution is 8.01. The van der Waals surface area contributed by atoms with Crippen LogP contribution in [0.5, 0.6) is 0 Å². The van der Waals surface area contributed by atoms with Crippen molar-refractivity contribution < 1.29 is 9.53 Å². The summed E-state index contributed by atoms with van der Waals surface area (Å²) in [4.78, 5) is 11.0. The summed E-state index contributed by atoms with van der Waals surface area (Å²) >= 11 is 1.57. The van der Waals surface area contributed by atoms with E-state index in [0.717, 1.165) is 17.0 Å². The summed E-state index contributed by atoms with van der Waals surface area (Å²) in [7, 11) is 0. The van der Waals surface area contributed by atoms with E-state index in [-0.39, 0.29) is 5.91 Å². The topological polar surface area (TPSA) is 38.3 Å². The van der Waals surface area contributed by atoms with Gasteiger partial charge in [0.05, 0.1) is 6.61 Å². The summed E-state index contributed by atoms with van der Waals surface area (Å²) in [6, 6.07) is 7.70. The zero-order valence-corrected chi connectivity index (χ0v) is 8.26. The molecule has 1 amide bonds. The monoisotopic (exact) mass is 207 g/mol. The van der Waals surface area contributed by atoms with Gasteiger partial charge >= 0.3 is 0 Å². The molecule has 0 saturated carbocycles. The Labute approximate surface area is 85.8 Å². The fourth-order valence-corrected chi connectivity index (χ4v) is 3.04. The van der Waals surface area contributed by atoms with Crippen LogP contribution in [0.15, 0.2) is 24.3 Å². The summed E-state index contributed by atoms with van der Waals surface area (Å²) in [6.45, 7) is 0.645. The van der Waals surface area contributed by atoms with E-state index in [9.17, 15) is 4.79 Å². The maximum atomic E-state index is 11.8. The average molecular weight is 207 g/mol. The summed E-state index contributed by atoms with van der Waals surface area (Å²) in [6.07, 6.45) is 0. The van der Waals surface area contributed by atoms with Crippen LogP contribution in [0.1, 0.15) is 5.56 Å². The molecule has 0 radical (unpaired) electrons. The van der Waals surface area contributed by atoms with Gasteiger partial charge in [-0.25, -0.2) is 0 Å². The van der Waals surface area contributed by atoms with Crippen molar-refractivity contribution in [3.05, 3.63) is 29.8 Å². The lowest BCUT2D eigenvalue weighted by Crippen LogP contribution is -2.30. The van der Waals surface area contributed by atoms with Crippen molar-refractivity contribution in [2.24, 2.45) is 0 Å². The van der Waals surface area contributed by atoms with Gasteiger partial charge in [0.25, 0.3) is 5.91 Å². The highest BCUT2D eigenvalue weighted by Crippen LogP contribution is 2.49. The summed E-state index contributed by atoms with van der Waals surface area (Å²) in [5.41, 5.74) is 1.85. The molecule has 1 fully saturated rings. The van der Waals surface area contributed by atoms with Crippen molar-refractivity contribution >= 4 is 23.4 Å². The van der Waals surface area contributed by atoms with E-state index in [4.69, 9.17) is 4.74 Å². The van der Waals surface area contributed by atoms with Crippen LogP contribution < -0.4 is 5.32 Å². The molecule has 0 aromatic heterocycles. The van der Waals surface area contributed by atoms with Crippen molar-refractivity contribution in [2.75, 3.05) is 17.7 Å². The smallest absolute Gasteiger partial charge is 0.272 e. The first-order valence-electron chi connectivity index (χ1n) is 4.52. The zero-order chi connectivity index (χ0) is 9.60. The molecule has 2 aliphatic heterocycles. The lowest BCUT2D eigenvalue weighted by molar-refractivity contribution is -0.128. The third-order valence-electron chi connectivity index (χ3n) is 2.52. The largest absolute Gasteiger partial charge is 0.350 e. The molecule has 2 aliphatic rings. The van der Waals surface area contributed by atoms with Crippen molar-refractivity contribution in [2.45, 2.75) is 4.93 Å². The van der Waals surface area contributed by atoms with Crippen molar-refractivity contribution in [3.63, 3.8) is 0 Å². The SMILES string of the molecule is O=C1Nc2ccccc2[C@@]12OCCS2. The number of carbonyl (C=O) groups is 1. The molecule has 0 aliphatic carbocycles. The van der Waals surface area contributed by atoms with Gasteiger partial charge in [0.1, 0.15) is 0 Å². The fraction of sp³-hybridized carbons (Fsp3) is 0.300. The lowest BCUT2D eigenvalue weighted by atomic mass is 10.1.